The van der Waals surface area contributed by atoms with Crippen molar-refractivity contribution in [3.8, 4) is 0 Å². The number of hydrogen-bond donors (Lipinski definition) is 0. The SMILES string of the molecule is CCCC[IH]C(=O)OCCCCc1ccccc1Cl. The summed E-state index contributed by atoms with van der Waals surface area (Å²) in [5.41, 5.74) is 1.17. The van der Waals surface area contributed by atoms with Crippen molar-refractivity contribution in [2.75, 3.05) is 11.0 Å². The van der Waals surface area contributed by atoms with Crippen LogP contribution in [0.3, 0.4) is 0 Å². The Morgan fingerprint density at radius 1 is 1.26 bits per heavy atom. The summed E-state index contributed by atoms with van der Waals surface area (Å²) in [6.07, 6.45) is 5.19. The predicted molar refractivity (Wildman–Crippen MR) is 90.9 cm³/mol. The summed E-state index contributed by atoms with van der Waals surface area (Å²) in [5.74, 6) is 0. The molecule has 0 atom stereocenters. The molecule has 0 aliphatic carbocycles. The second kappa shape index (κ2) is 10.5. The normalized spacial score (nSPS) is 10.6. The van der Waals surface area contributed by atoms with Crippen molar-refractivity contribution in [3.05, 3.63) is 34.9 Å². The van der Waals surface area contributed by atoms with Crippen LogP contribution >= 0.6 is 32.8 Å². The molecule has 1 rings (SSSR count). The molecule has 2 nitrogen and oxygen atoms in total. The maximum atomic E-state index is 11.4. The zero-order valence-corrected chi connectivity index (χ0v) is 14.4. The fraction of sp³-hybridized carbons (Fsp3) is 0.533. The molecule has 0 radical (unpaired) electrons. The van der Waals surface area contributed by atoms with Gasteiger partial charge in [-0.3, -0.25) is 0 Å². The molecule has 0 N–H and O–H groups in total. The summed E-state index contributed by atoms with van der Waals surface area (Å²) >= 11 is 5.51. The Labute approximate surface area is 131 Å². The summed E-state index contributed by atoms with van der Waals surface area (Å²) in [4.78, 5) is 11.4. The number of rotatable bonds is 9. The second-order valence-electron chi connectivity index (χ2n) is 4.35. The first-order valence-electron chi connectivity index (χ1n) is 6.77. The number of halogens is 2. The van der Waals surface area contributed by atoms with Crippen LogP contribution in [-0.2, 0) is 11.2 Å². The number of ether oxygens (including phenoxy) is 1. The fourth-order valence-electron chi connectivity index (χ4n) is 1.62. The van der Waals surface area contributed by atoms with Crippen LogP contribution in [0.2, 0.25) is 5.02 Å². The summed E-state index contributed by atoms with van der Waals surface area (Å²) < 4.78 is 6.38. The van der Waals surface area contributed by atoms with Crippen molar-refractivity contribution in [1.82, 2.24) is 0 Å². The summed E-state index contributed by atoms with van der Waals surface area (Å²) in [6, 6.07) is 7.90. The van der Waals surface area contributed by atoms with Gasteiger partial charge in [-0.05, 0) is 0 Å². The minimum atomic E-state index is -0.572. The molecule has 1 aromatic rings. The van der Waals surface area contributed by atoms with E-state index in [0.29, 0.717) is 6.61 Å². The van der Waals surface area contributed by atoms with E-state index >= 15 is 0 Å². The Morgan fingerprint density at radius 3 is 2.79 bits per heavy atom. The molecule has 0 aliphatic rings. The first-order chi connectivity index (χ1) is 9.24. The minimum absolute atomic E-state index is 0.0663. The molecule has 108 valence electrons. The number of benzene rings is 1. The molecule has 19 heavy (non-hydrogen) atoms. The predicted octanol–water partition coefficient (Wildman–Crippen LogP) is 5.30. The number of carbonyl (C=O) groups is 1. The first kappa shape index (κ1) is 16.8. The van der Waals surface area contributed by atoms with Gasteiger partial charge in [0.05, 0.1) is 0 Å². The monoisotopic (exact) mass is 396 g/mol. The van der Waals surface area contributed by atoms with Crippen molar-refractivity contribution in [1.29, 1.82) is 0 Å². The topological polar surface area (TPSA) is 26.3 Å². The zero-order chi connectivity index (χ0) is 13.9. The van der Waals surface area contributed by atoms with Crippen LogP contribution in [0.1, 0.15) is 38.2 Å². The van der Waals surface area contributed by atoms with Gasteiger partial charge in [0.1, 0.15) is 0 Å². The molecule has 1 aromatic carbocycles. The third-order valence-electron chi connectivity index (χ3n) is 2.74. The Morgan fingerprint density at radius 2 is 2.05 bits per heavy atom. The van der Waals surface area contributed by atoms with Crippen LogP contribution in [0.25, 0.3) is 0 Å². The fourth-order valence-corrected chi connectivity index (χ4v) is 4.03. The van der Waals surface area contributed by atoms with Gasteiger partial charge in [-0.1, -0.05) is 0 Å². The van der Waals surface area contributed by atoms with E-state index in [4.69, 9.17) is 16.3 Å². The Kier molecular flexibility index (Phi) is 9.26. The van der Waals surface area contributed by atoms with E-state index in [1.54, 1.807) is 0 Å². The van der Waals surface area contributed by atoms with Crippen LogP contribution < -0.4 is 0 Å². The van der Waals surface area contributed by atoms with Crippen molar-refractivity contribution in [3.63, 3.8) is 0 Å². The first-order valence-corrected chi connectivity index (χ1v) is 9.96. The Bertz CT molecular complexity index is 382. The molecule has 0 saturated heterocycles. The summed E-state index contributed by atoms with van der Waals surface area (Å²) in [6.45, 7) is 2.70. The number of unbranched alkanes of at least 4 members (excludes halogenated alkanes) is 2. The Balaban J connectivity index is 2.05. The number of hydrogen-bond acceptors (Lipinski definition) is 2. The summed E-state index contributed by atoms with van der Waals surface area (Å²) in [5, 5.41) is 0.825. The van der Waals surface area contributed by atoms with Gasteiger partial charge in [0.2, 0.25) is 0 Å². The van der Waals surface area contributed by atoms with E-state index in [2.05, 4.69) is 6.92 Å². The van der Waals surface area contributed by atoms with E-state index in [1.165, 1.54) is 5.56 Å². The number of aryl methyl sites for hydroxylation is 1. The van der Waals surface area contributed by atoms with E-state index in [0.717, 1.165) is 41.6 Å². The standard InChI is InChI=1S/C15H22ClIO2/c1-2-3-11-17-15(18)19-12-7-6-9-13-8-4-5-10-14(13)16/h4-5,8,10,17H,2-3,6-7,9,11-12H2,1H3. The molecule has 0 amide bonds. The number of alkyl halides is 1. The molecule has 4 heteroatoms. The van der Waals surface area contributed by atoms with Gasteiger partial charge in [0.15, 0.2) is 0 Å². The quantitative estimate of drug-likeness (QED) is 0.245. The van der Waals surface area contributed by atoms with E-state index in [1.807, 2.05) is 24.3 Å². The average Bonchev–Trinajstić information content (AvgIpc) is 2.41. The molecule has 0 heterocycles. The van der Waals surface area contributed by atoms with E-state index in [9.17, 15) is 4.79 Å². The van der Waals surface area contributed by atoms with Crippen LogP contribution in [-0.4, -0.2) is 15.0 Å². The van der Waals surface area contributed by atoms with Crippen LogP contribution in [0.5, 0.6) is 0 Å². The van der Waals surface area contributed by atoms with Gasteiger partial charge in [-0.2, -0.15) is 0 Å². The van der Waals surface area contributed by atoms with Crippen LogP contribution in [0.4, 0.5) is 4.79 Å². The van der Waals surface area contributed by atoms with Gasteiger partial charge in [0.25, 0.3) is 0 Å². The zero-order valence-electron chi connectivity index (χ0n) is 11.4. The average molecular weight is 397 g/mol. The molecule has 0 spiro atoms. The number of carbonyl (C=O) groups excluding carboxylic acids is 1. The third kappa shape index (κ3) is 7.78. The maximum absolute atomic E-state index is 11.4. The van der Waals surface area contributed by atoms with Crippen LogP contribution in [0.15, 0.2) is 24.3 Å². The summed E-state index contributed by atoms with van der Waals surface area (Å²) in [7, 11) is 0. The molecule has 0 unspecified atom stereocenters. The Hall–Kier alpha value is -0.290. The van der Waals surface area contributed by atoms with Crippen molar-refractivity contribution in [2.24, 2.45) is 0 Å². The van der Waals surface area contributed by atoms with Crippen molar-refractivity contribution < 1.29 is 9.53 Å². The molecule has 0 aromatic heterocycles. The van der Waals surface area contributed by atoms with Gasteiger partial charge >= 0.3 is 131 Å². The molecular formula is C15H22ClIO2. The van der Waals surface area contributed by atoms with Crippen molar-refractivity contribution in [2.45, 2.75) is 39.0 Å². The van der Waals surface area contributed by atoms with Gasteiger partial charge in [-0.15, -0.1) is 0 Å². The van der Waals surface area contributed by atoms with Gasteiger partial charge in [0, 0.05) is 0 Å². The van der Waals surface area contributed by atoms with Crippen molar-refractivity contribution >= 4 is 36.8 Å². The molecule has 0 aliphatic heterocycles. The molecular weight excluding hydrogens is 375 g/mol. The van der Waals surface area contributed by atoms with Gasteiger partial charge < -0.3 is 0 Å². The molecule has 0 saturated carbocycles. The third-order valence-corrected chi connectivity index (χ3v) is 5.52. The van der Waals surface area contributed by atoms with Gasteiger partial charge in [-0.25, -0.2) is 0 Å². The van der Waals surface area contributed by atoms with E-state index < -0.39 is 21.2 Å². The van der Waals surface area contributed by atoms with E-state index in [-0.39, 0.29) is 3.98 Å². The molecule has 0 bridgehead atoms. The second-order valence-corrected chi connectivity index (χ2v) is 7.70. The molecule has 0 fully saturated rings. The van der Waals surface area contributed by atoms with Crippen LogP contribution in [0, 0.1) is 0 Å².